The molecule has 104 valence electrons. The molecule has 17 heavy (non-hydrogen) atoms. The molecule has 0 radical (unpaired) electrons. The van der Waals surface area contributed by atoms with E-state index in [2.05, 4.69) is 11.7 Å². The van der Waals surface area contributed by atoms with Gasteiger partial charge in [-0.2, -0.15) is 0 Å². The minimum atomic E-state index is -0.420. The zero-order valence-corrected chi connectivity index (χ0v) is 12.4. The van der Waals surface area contributed by atoms with Gasteiger partial charge in [-0.15, -0.1) is 23.2 Å². The molecular weight excluding hydrogens is 263 g/mol. The maximum Gasteiger partial charge on any atom is 0.302 e. The summed E-state index contributed by atoms with van der Waals surface area (Å²) < 4.78 is 4.40. The van der Waals surface area contributed by atoms with Gasteiger partial charge in [0.05, 0.1) is 6.61 Å². The highest BCUT2D eigenvalue weighted by atomic mass is 35.5. The second-order valence-corrected chi connectivity index (χ2v) is 4.86. The number of hydrogen-bond donors (Lipinski definition) is 1. The predicted molar refractivity (Wildman–Crippen MR) is 72.5 cm³/mol. The van der Waals surface area contributed by atoms with Gasteiger partial charge in [0.15, 0.2) is 0 Å². The summed E-state index contributed by atoms with van der Waals surface area (Å²) in [7, 11) is 0. The fourth-order valence-corrected chi connectivity index (χ4v) is 1.57. The topological polar surface area (TPSA) is 46.5 Å². The van der Waals surface area contributed by atoms with Crippen molar-refractivity contribution in [3.63, 3.8) is 0 Å². The molecule has 1 unspecified atom stereocenters. The van der Waals surface area contributed by atoms with Gasteiger partial charge in [-0.25, -0.2) is 0 Å². The van der Waals surface area contributed by atoms with Crippen LogP contribution in [0.1, 0.15) is 46.5 Å². The van der Waals surface area contributed by atoms with E-state index in [0.717, 1.165) is 12.8 Å². The van der Waals surface area contributed by atoms with Crippen LogP contribution in [-0.2, 0) is 9.53 Å². The number of halogens is 2. The summed E-state index contributed by atoms with van der Waals surface area (Å²) in [5, 5.41) is 8.83. The Morgan fingerprint density at radius 3 is 2.12 bits per heavy atom. The first kappa shape index (κ1) is 19.4. The SMILES string of the molecule is CCCCCC(CO)C(Cl)Cl.CCOC(C)=O. The van der Waals surface area contributed by atoms with Gasteiger partial charge in [-0.3, -0.25) is 4.79 Å². The molecule has 0 fully saturated rings. The van der Waals surface area contributed by atoms with Gasteiger partial charge < -0.3 is 9.84 Å². The average molecular weight is 287 g/mol. The fourth-order valence-electron chi connectivity index (χ4n) is 1.16. The Morgan fingerprint density at radius 2 is 1.88 bits per heavy atom. The molecule has 5 heteroatoms. The van der Waals surface area contributed by atoms with E-state index in [9.17, 15) is 4.79 Å². The lowest BCUT2D eigenvalue weighted by Crippen LogP contribution is -2.13. The van der Waals surface area contributed by atoms with Gasteiger partial charge in [0.1, 0.15) is 4.84 Å². The third-order valence-electron chi connectivity index (χ3n) is 2.12. The summed E-state index contributed by atoms with van der Waals surface area (Å²) in [6.45, 7) is 5.90. The lowest BCUT2D eigenvalue weighted by Gasteiger charge is -2.13. The van der Waals surface area contributed by atoms with Crippen LogP contribution in [0.3, 0.4) is 0 Å². The normalized spacial score (nSPS) is 11.7. The van der Waals surface area contributed by atoms with E-state index in [-0.39, 0.29) is 18.5 Å². The molecule has 0 aromatic heterocycles. The molecule has 0 saturated heterocycles. The molecule has 0 rings (SSSR count). The van der Waals surface area contributed by atoms with E-state index < -0.39 is 4.84 Å². The number of aliphatic hydroxyl groups excluding tert-OH is 1. The first-order valence-corrected chi connectivity index (χ1v) is 6.89. The van der Waals surface area contributed by atoms with Crippen molar-refractivity contribution >= 4 is 29.2 Å². The van der Waals surface area contributed by atoms with E-state index in [1.165, 1.54) is 19.8 Å². The summed E-state index contributed by atoms with van der Waals surface area (Å²) in [5.74, 6) is -0.151. The number of aliphatic hydroxyl groups is 1. The van der Waals surface area contributed by atoms with Crippen LogP contribution in [0, 0.1) is 5.92 Å². The Bertz CT molecular complexity index is 175. The maximum absolute atomic E-state index is 9.82. The smallest absolute Gasteiger partial charge is 0.302 e. The summed E-state index contributed by atoms with van der Waals surface area (Å²) in [4.78, 5) is 9.40. The first-order chi connectivity index (χ1) is 7.99. The number of unbranched alkanes of at least 4 members (excludes halogenated alkanes) is 2. The van der Waals surface area contributed by atoms with E-state index in [4.69, 9.17) is 28.3 Å². The molecule has 0 aromatic rings. The van der Waals surface area contributed by atoms with Crippen molar-refractivity contribution in [1.29, 1.82) is 0 Å². The van der Waals surface area contributed by atoms with Crippen LogP contribution < -0.4 is 0 Å². The Balaban J connectivity index is 0. The highest BCUT2D eigenvalue weighted by Gasteiger charge is 2.14. The zero-order valence-electron chi connectivity index (χ0n) is 10.9. The summed E-state index contributed by atoms with van der Waals surface area (Å²) >= 11 is 11.3. The van der Waals surface area contributed by atoms with Crippen LogP contribution >= 0.6 is 23.2 Å². The van der Waals surface area contributed by atoms with Crippen molar-refractivity contribution in [3.05, 3.63) is 0 Å². The summed E-state index contributed by atoms with van der Waals surface area (Å²) in [5.41, 5.74) is 0. The molecule has 0 heterocycles. The number of carbonyl (C=O) groups is 1. The van der Waals surface area contributed by atoms with Gasteiger partial charge >= 0.3 is 5.97 Å². The standard InChI is InChI=1S/C8H16Cl2O.C4H8O2/c1-2-3-4-5-7(6-11)8(9)10;1-3-6-4(2)5/h7-8,11H,2-6H2,1H3;3H2,1-2H3. The lowest BCUT2D eigenvalue weighted by molar-refractivity contribution is -0.140. The Kier molecular flexibility index (Phi) is 16.0. The molecule has 0 aliphatic carbocycles. The zero-order chi connectivity index (χ0) is 13.7. The van der Waals surface area contributed by atoms with E-state index in [1.54, 1.807) is 6.92 Å². The van der Waals surface area contributed by atoms with Crippen LogP contribution in [-0.4, -0.2) is 29.1 Å². The van der Waals surface area contributed by atoms with Crippen molar-refractivity contribution < 1.29 is 14.6 Å². The van der Waals surface area contributed by atoms with Crippen molar-refractivity contribution in [1.82, 2.24) is 0 Å². The minimum Gasteiger partial charge on any atom is -0.466 e. The molecule has 0 aliphatic heterocycles. The predicted octanol–water partition coefficient (Wildman–Crippen LogP) is 3.55. The van der Waals surface area contributed by atoms with Crippen LogP contribution in [0.25, 0.3) is 0 Å². The fraction of sp³-hybridized carbons (Fsp3) is 0.917. The van der Waals surface area contributed by atoms with Crippen molar-refractivity contribution in [2.45, 2.75) is 51.3 Å². The Hall–Kier alpha value is 0.01000. The second-order valence-electron chi connectivity index (χ2n) is 3.70. The number of rotatable bonds is 7. The average Bonchev–Trinajstić information content (AvgIpc) is 2.24. The van der Waals surface area contributed by atoms with Gasteiger partial charge in [0, 0.05) is 19.4 Å². The highest BCUT2D eigenvalue weighted by molar-refractivity contribution is 6.44. The van der Waals surface area contributed by atoms with Crippen molar-refractivity contribution in [2.24, 2.45) is 5.92 Å². The number of carbonyl (C=O) groups excluding carboxylic acids is 1. The maximum atomic E-state index is 9.82. The van der Waals surface area contributed by atoms with Gasteiger partial charge in [0.25, 0.3) is 0 Å². The number of alkyl halides is 2. The van der Waals surface area contributed by atoms with Crippen LogP contribution in [0.2, 0.25) is 0 Å². The van der Waals surface area contributed by atoms with E-state index in [0.29, 0.717) is 6.61 Å². The van der Waals surface area contributed by atoms with Gasteiger partial charge in [-0.1, -0.05) is 26.2 Å². The molecule has 0 spiro atoms. The molecule has 0 amide bonds. The monoisotopic (exact) mass is 286 g/mol. The third-order valence-corrected chi connectivity index (χ3v) is 2.83. The largest absolute Gasteiger partial charge is 0.466 e. The lowest BCUT2D eigenvalue weighted by atomic mass is 10.0. The minimum absolute atomic E-state index is 0.0601. The third kappa shape index (κ3) is 16.0. The van der Waals surface area contributed by atoms with Crippen LogP contribution in [0.4, 0.5) is 0 Å². The molecule has 1 atom stereocenters. The van der Waals surface area contributed by atoms with Gasteiger partial charge in [-0.05, 0) is 13.3 Å². The molecule has 0 bridgehead atoms. The first-order valence-electron chi connectivity index (χ1n) is 6.01. The molecular formula is C12H24Cl2O3. The number of hydrogen-bond acceptors (Lipinski definition) is 3. The molecule has 0 saturated carbocycles. The number of esters is 1. The molecule has 3 nitrogen and oxygen atoms in total. The van der Waals surface area contributed by atoms with Crippen molar-refractivity contribution in [2.75, 3.05) is 13.2 Å². The van der Waals surface area contributed by atoms with Gasteiger partial charge in [0.2, 0.25) is 0 Å². The van der Waals surface area contributed by atoms with Crippen molar-refractivity contribution in [3.8, 4) is 0 Å². The van der Waals surface area contributed by atoms with E-state index >= 15 is 0 Å². The summed E-state index contributed by atoms with van der Waals surface area (Å²) in [6.07, 6.45) is 4.42. The molecule has 0 aromatic carbocycles. The highest BCUT2D eigenvalue weighted by Crippen LogP contribution is 2.20. The Labute approximate surface area is 114 Å². The van der Waals surface area contributed by atoms with E-state index in [1.807, 2.05) is 0 Å². The summed E-state index contributed by atoms with van der Waals surface area (Å²) in [6, 6.07) is 0. The molecule has 1 N–H and O–H groups in total. The number of ether oxygens (including phenoxy) is 1. The Morgan fingerprint density at radius 1 is 1.29 bits per heavy atom. The van der Waals surface area contributed by atoms with Crippen LogP contribution in [0.15, 0.2) is 0 Å². The quantitative estimate of drug-likeness (QED) is 0.442. The van der Waals surface area contributed by atoms with Crippen LogP contribution in [0.5, 0.6) is 0 Å². The molecule has 0 aliphatic rings. The second kappa shape index (κ2) is 14.1.